The summed E-state index contributed by atoms with van der Waals surface area (Å²) in [5, 5.41) is 1.03. The van der Waals surface area contributed by atoms with Crippen LogP contribution in [0.1, 0.15) is 52.4 Å². The van der Waals surface area contributed by atoms with Gasteiger partial charge in [-0.25, -0.2) is 18.4 Å². The highest BCUT2D eigenvalue weighted by Crippen LogP contribution is 2.32. The lowest BCUT2D eigenvalue weighted by Crippen LogP contribution is -2.46. The second-order valence-corrected chi connectivity index (χ2v) is 11.9. The van der Waals surface area contributed by atoms with Crippen molar-refractivity contribution in [3.8, 4) is 0 Å². The van der Waals surface area contributed by atoms with E-state index >= 15 is 0 Å². The molecular formula is C23H37N5O3S. The summed E-state index contributed by atoms with van der Waals surface area (Å²) < 4.78 is 33.9. The Morgan fingerprint density at radius 1 is 1.22 bits per heavy atom. The molecule has 178 valence electrons. The highest BCUT2D eigenvalue weighted by molar-refractivity contribution is 7.89. The van der Waals surface area contributed by atoms with E-state index in [1.165, 1.54) is 0 Å². The van der Waals surface area contributed by atoms with Gasteiger partial charge in [0.05, 0.1) is 17.2 Å². The second kappa shape index (κ2) is 10.1. The van der Waals surface area contributed by atoms with Crippen LogP contribution in [-0.2, 0) is 14.8 Å². The first-order valence-electron chi connectivity index (χ1n) is 11.9. The van der Waals surface area contributed by atoms with Crippen LogP contribution in [0.3, 0.4) is 0 Å². The van der Waals surface area contributed by atoms with E-state index < -0.39 is 10.0 Å². The number of fused-ring (bicyclic) bond motifs is 1. The van der Waals surface area contributed by atoms with Gasteiger partial charge in [-0.05, 0) is 56.4 Å². The van der Waals surface area contributed by atoms with Gasteiger partial charge in [0, 0.05) is 39.0 Å². The van der Waals surface area contributed by atoms with E-state index in [1.54, 1.807) is 10.6 Å². The lowest BCUT2D eigenvalue weighted by molar-refractivity contribution is 0.00547. The number of hydrogen-bond acceptors (Lipinski definition) is 6. The number of sulfonamides is 1. The summed E-state index contributed by atoms with van der Waals surface area (Å²) in [5.41, 5.74) is 0.846. The molecule has 1 atom stereocenters. The van der Waals surface area contributed by atoms with Crippen LogP contribution >= 0.6 is 0 Å². The molecule has 0 aromatic carbocycles. The standard InChI is InChI=1S/C23H37N5O3S/c1-17(2)14-31-20-5-4-12-28(13-20)32(29,30)15-18-6-8-19(9-7-18)27(3)23-21-10-11-24-22(21)25-16-26-23/h10-11,16-20H,4-9,12-15H2,1-3H3,(H,24,25,26). The summed E-state index contributed by atoms with van der Waals surface area (Å²) in [4.78, 5) is 14.2. The van der Waals surface area contributed by atoms with Gasteiger partial charge in [-0.2, -0.15) is 4.31 Å². The Hall–Kier alpha value is -1.71. The molecule has 0 spiro atoms. The molecule has 2 aromatic heterocycles. The topological polar surface area (TPSA) is 91.4 Å². The van der Waals surface area contributed by atoms with Gasteiger partial charge in [0.2, 0.25) is 10.0 Å². The van der Waals surface area contributed by atoms with Crippen molar-refractivity contribution >= 4 is 26.9 Å². The zero-order valence-corrected chi connectivity index (χ0v) is 20.4. The number of H-pyrrole nitrogens is 1. The zero-order valence-electron chi connectivity index (χ0n) is 19.5. The van der Waals surface area contributed by atoms with Crippen molar-refractivity contribution in [3.63, 3.8) is 0 Å². The van der Waals surface area contributed by atoms with E-state index in [-0.39, 0.29) is 17.8 Å². The Morgan fingerprint density at radius 2 is 2.00 bits per heavy atom. The van der Waals surface area contributed by atoms with Crippen molar-refractivity contribution in [1.29, 1.82) is 0 Å². The Bertz CT molecular complexity index is 984. The van der Waals surface area contributed by atoms with Gasteiger partial charge >= 0.3 is 0 Å². The minimum atomic E-state index is -3.25. The second-order valence-electron chi connectivity index (χ2n) is 9.85. The molecule has 2 aliphatic rings. The largest absolute Gasteiger partial charge is 0.377 e. The minimum absolute atomic E-state index is 0.0310. The first kappa shape index (κ1) is 23.4. The molecule has 3 heterocycles. The van der Waals surface area contributed by atoms with E-state index in [2.05, 4.69) is 40.7 Å². The molecule has 32 heavy (non-hydrogen) atoms. The van der Waals surface area contributed by atoms with Crippen molar-refractivity contribution in [2.45, 2.75) is 64.5 Å². The van der Waals surface area contributed by atoms with Crippen molar-refractivity contribution in [2.75, 3.05) is 37.4 Å². The Labute approximate surface area is 191 Å². The summed E-state index contributed by atoms with van der Waals surface area (Å²) in [7, 11) is -1.17. The van der Waals surface area contributed by atoms with Gasteiger partial charge in [-0.3, -0.25) is 0 Å². The van der Waals surface area contributed by atoms with Crippen LogP contribution in [0.15, 0.2) is 18.6 Å². The maximum Gasteiger partial charge on any atom is 0.214 e. The third-order valence-electron chi connectivity index (χ3n) is 6.88. The predicted octanol–water partition coefficient (Wildman–Crippen LogP) is 3.42. The molecule has 1 saturated heterocycles. The highest BCUT2D eigenvalue weighted by atomic mass is 32.2. The average molecular weight is 464 g/mol. The monoisotopic (exact) mass is 463 g/mol. The number of piperidine rings is 1. The van der Waals surface area contributed by atoms with Crippen LogP contribution in [0.2, 0.25) is 0 Å². The van der Waals surface area contributed by atoms with Crippen LogP contribution in [0, 0.1) is 11.8 Å². The summed E-state index contributed by atoms with van der Waals surface area (Å²) in [6, 6.07) is 2.38. The molecule has 1 N–H and O–H groups in total. The first-order chi connectivity index (χ1) is 15.3. The molecule has 1 aliphatic heterocycles. The molecule has 0 bridgehead atoms. The van der Waals surface area contributed by atoms with Crippen molar-refractivity contribution in [2.24, 2.45) is 11.8 Å². The lowest BCUT2D eigenvalue weighted by atomic mass is 9.86. The van der Waals surface area contributed by atoms with Crippen LogP contribution in [-0.4, -0.2) is 72.3 Å². The number of rotatable bonds is 8. The SMILES string of the molecule is CC(C)COC1CCCN(S(=O)(=O)CC2CCC(N(C)c3ncnc4[nH]ccc34)CC2)C1. The molecule has 0 radical (unpaired) electrons. The summed E-state index contributed by atoms with van der Waals surface area (Å²) in [6.45, 7) is 6.07. The van der Waals surface area contributed by atoms with E-state index in [0.717, 1.165) is 55.4 Å². The van der Waals surface area contributed by atoms with Crippen molar-refractivity contribution < 1.29 is 13.2 Å². The molecule has 2 fully saturated rings. The average Bonchev–Trinajstić information content (AvgIpc) is 3.27. The minimum Gasteiger partial charge on any atom is -0.377 e. The van der Waals surface area contributed by atoms with E-state index in [1.807, 2.05) is 12.3 Å². The number of nitrogens with zero attached hydrogens (tertiary/aromatic N) is 4. The number of nitrogens with one attached hydrogen (secondary N) is 1. The Morgan fingerprint density at radius 3 is 2.75 bits per heavy atom. The quantitative estimate of drug-likeness (QED) is 0.645. The fraction of sp³-hybridized carbons (Fsp3) is 0.739. The summed E-state index contributed by atoms with van der Waals surface area (Å²) >= 11 is 0. The lowest BCUT2D eigenvalue weighted by Gasteiger charge is -2.37. The number of ether oxygens (including phenoxy) is 1. The van der Waals surface area contributed by atoms with Crippen LogP contribution in [0.25, 0.3) is 11.0 Å². The van der Waals surface area contributed by atoms with Crippen molar-refractivity contribution in [3.05, 3.63) is 18.6 Å². The van der Waals surface area contributed by atoms with Gasteiger partial charge in [0.25, 0.3) is 0 Å². The van der Waals surface area contributed by atoms with Crippen molar-refractivity contribution in [1.82, 2.24) is 19.3 Å². The Balaban J connectivity index is 1.31. The Kier molecular flexibility index (Phi) is 7.37. The van der Waals surface area contributed by atoms with Gasteiger partial charge in [-0.1, -0.05) is 13.8 Å². The fourth-order valence-corrected chi connectivity index (χ4v) is 6.98. The molecule has 8 nitrogen and oxygen atoms in total. The third kappa shape index (κ3) is 5.43. The van der Waals surface area contributed by atoms with Gasteiger partial charge in [-0.15, -0.1) is 0 Å². The smallest absolute Gasteiger partial charge is 0.214 e. The van der Waals surface area contributed by atoms with Crippen LogP contribution in [0.5, 0.6) is 0 Å². The number of hydrogen-bond donors (Lipinski definition) is 1. The highest BCUT2D eigenvalue weighted by Gasteiger charge is 2.34. The van der Waals surface area contributed by atoms with E-state index in [9.17, 15) is 8.42 Å². The van der Waals surface area contributed by atoms with Crippen LogP contribution in [0.4, 0.5) is 5.82 Å². The summed E-state index contributed by atoms with van der Waals surface area (Å²) in [5.74, 6) is 1.88. The van der Waals surface area contributed by atoms with E-state index in [0.29, 0.717) is 31.7 Å². The summed E-state index contributed by atoms with van der Waals surface area (Å²) in [6.07, 6.45) is 9.16. The maximum absolute atomic E-state index is 13.1. The number of aromatic amines is 1. The zero-order chi connectivity index (χ0) is 22.7. The van der Waals surface area contributed by atoms with Gasteiger partial charge in [0.1, 0.15) is 17.8 Å². The predicted molar refractivity (Wildman–Crippen MR) is 127 cm³/mol. The molecule has 1 saturated carbocycles. The van der Waals surface area contributed by atoms with Gasteiger partial charge in [0.15, 0.2) is 0 Å². The van der Waals surface area contributed by atoms with Gasteiger partial charge < -0.3 is 14.6 Å². The molecular weight excluding hydrogens is 426 g/mol. The molecule has 0 amide bonds. The normalized spacial score (nSPS) is 25.4. The first-order valence-corrected chi connectivity index (χ1v) is 13.5. The van der Waals surface area contributed by atoms with Crippen LogP contribution < -0.4 is 4.90 Å². The third-order valence-corrected chi connectivity index (χ3v) is 8.89. The van der Waals surface area contributed by atoms with E-state index in [4.69, 9.17) is 4.74 Å². The number of anilines is 1. The molecule has 1 unspecified atom stereocenters. The number of aromatic nitrogens is 3. The molecule has 2 aromatic rings. The maximum atomic E-state index is 13.1. The molecule has 9 heteroatoms. The fourth-order valence-electron chi connectivity index (χ4n) is 5.04. The molecule has 4 rings (SSSR count). The molecule has 1 aliphatic carbocycles.